The summed E-state index contributed by atoms with van der Waals surface area (Å²) in [4.78, 5) is 11.1. The number of rotatable bonds is 4. The first kappa shape index (κ1) is 32.8. The second-order valence-electron chi connectivity index (χ2n) is 15.5. The summed E-state index contributed by atoms with van der Waals surface area (Å²) in [5.74, 6) is 0.588. The minimum absolute atomic E-state index is 0.588. The quantitative estimate of drug-likeness (QED) is 0.132. The normalized spacial score (nSPS) is 12.3. The molecule has 0 spiro atoms. The Morgan fingerprint density at radius 1 is 0.467 bits per heavy atom. The van der Waals surface area contributed by atoms with Crippen LogP contribution in [0, 0.1) is 0 Å². The lowest BCUT2D eigenvalue weighted by atomic mass is 9.91. The first-order valence-electron chi connectivity index (χ1n) is 20.2. The van der Waals surface area contributed by atoms with Gasteiger partial charge in [0.1, 0.15) is 11.1 Å². The van der Waals surface area contributed by atoms with Crippen LogP contribution in [0.4, 0.5) is 0 Å². The van der Waals surface area contributed by atoms with E-state index in [0.717, 1.165) is 115 Å². The summed E-state index contributed by atoms with van der Waals surface area (Å²) in [5, 5.41) is 9.84. The Bertz CT molecular complexity index is 3890. The maximum Gasteiger partial charge on any atom is 0.235 e. The van der Waals surface area contributed by atoms with Crippen LogP contribution < -0.4 is 0 Å². The van der Waals surface area contributed by atoms with E-state index in [2.05, 4.69) is 186 Å². The van der Waals surface area contributed by atoms with Crippen molar-refractivity contribution in [2.75, 3.05) is 0 Å². The molecule has 0 amide bonds. The van der Waals surface area contributed by atoms with E-state index in [1.807, 2.05) is 18.2 Å². The van der Waals surface area contributed by atoms with Gasteiger partial charge in [0.25, 0.3) is 0 Å². The average molecular weight is 762 g/mol. The van der Waals surface area contributed by atoms with Crippen molar-refractivity contribution in [1.29, 1.82) is 0 Å². The van der Waals surface area contributed by atoms with Gasteiger partial charge in [-0.15, -0.1) is 0 Å². The molecule has 4 nitrogen and oxygen atoms in total. The Morgan fingerprint density at radius 2 is 1.18 bits per heavy atom. The van der Waals surface area contributed by atoms with Crippen LogP contribution in [0.3, 0.4) is 0 Å². The lowest BCUT2D eigenvalue weighted by molar-refractivity contribution is 0.671. The van der Waals surface area contributed by atoms with Crippen LogP contribution in [0.1, 0.15) is 11.1 Å². The fourth-order valence-corrected chi connectivity index (χ4v) is 9.53. The molecular weight excluding hydrogens is 731 g/mol. The number of benzene rings is 9. The Kier molecular flexibility index (Phi) is 6.90. The minimum atomic E-state index is 0.588. The van der Waals surface area contributed by atoms with E-state index in [1.165, 1.54) is 5.56 Å². The highest BCUT2D eigenvalue weighted by Gasteiger charge is 2.26. The van der Waals surface area contributed by atoms with Crippen molar-refractivity contribution in [1.82, 2.24) is 14.5 Å². The Hall–Kier alpha value is -8.26. The summed E-state index contributed by atoms with van der Waals surface area (Å²) in [6, 6.07) is 62.4. The monoisotopic (exact) mass is 761 g/mol. The molecule has 12 aromatic rings. The fourth-order valence-electron chi connectivity index (χ4n) is 9.53. The second kappa shape index (κ2) is 12.6. The van der Waals surface area contributed by atoms with Crippen LogP contribution in [-0.4, -0.2) is 14.5 Å². The molecular formula is C56H31N3O. The van der Waals surface area contributed by atoms with Gasteiger partial charge in [-0.2, -0.15) is 0 Å². The average Bonchev–Trinajstić information content (AvgIpc) is 3.88. The molecule has 0 unspecified atom stereocenters. The van der Waals surface area contributed by atoms with Gasteiger partial charge in [0.2, 0.25) is 5.95 Å². The van der Waals surface area contributed by atoms with Crippen LogP contribution in [-0.2, 0) is 0 Å². The third kappa shape index (κ3) is 4.75. The number of aromatic nitrogens is 3. The maximum atomic E-state index is 6.98. The van der Waals surface area contributed by atoms with E-state index in [0.29, 0.717) is 5.95 Å². The second-order valence-corrected chi connectivity index (χ2v) is 15.5. The third-order valence-electron chi connectivity index (χ3n) is 12.3. The van der Waals surface area contributed by atoms with Crippen molar-refractivity contribution < 1.29 is 4.42 Å². The molecule has 3 aromatic heterocycles. The minimum Gasteiger partial charge on any atom is -0.454 e. The zero-order valence-corrected chi connectivity index (χ0v) is 32.1. The van der Waals surface area contributed by atoms with Crippen molar-refractivity contribution in [3.8, 4) is 39.5 Å². The zero-order chi connectivity index (χ0) is 39.3. The van der Waals surface area contributed by atoms with E-state index in [-0.39, 0.29) is 0 Å². The Morgan fingerprint density at radius 3 is 2.08 bits per heavy atom. The summed E-state index contributed by atoms with van der Waals surface area (Å²) in [6.45, 7) is 0. The summed E-state index contributed by atoms with van der Waals surface area (Å²) in [5.41, 5.74) is 19.6. The van der Waals surface area contributed by atoms with Crippen molar-refractivity contribution in [2.45, 2.75) is 0 Å². The maximum absolute atomic E-state index is 6.98. The van der Waals surface area contributed by atoms with Crippen molar-refractivity contribution in [3.63, 3.8) is 0 Å². The summed E-state index contributed by atoms with van der Waals surface area (Å²) in [7, 11) is 0. The van der Waals surface area contributed by atoms with Gasteiger partial charge in [0.15, 0.2) is 5.58 Å². The molecule has 4 heteroatoms. The van der Waals surface area contributed by atoms with Gasteiger partial charge >= 0.3 is 0 Å². The van der Waals surface area contributed by atoms with Gasteiger partial charge in [0, 0.05) is 37.9 Å². The van der Waals surface area contributed by atoms with Crippen LogP contribution in [0.25, 0.3) is 128 Å². The molecule has 0 bridgehead atoms. The number of hydrogen-bond acceptors (Lipinski definition) is 3. The summed E-state index contributed by atoms with van der Waals surface area (Å²) >= 11 is 0. The van der Waals surface area contributed by atoms with Gasteiger partial charge in [-0.25, -0.2) is 9.97 Å². The number of hydrogen-bond donors (Lipinski definition) is 0. The lowest BCUT2D eigenvalue weighted by Crippen LogP contribution is -2.04. The van der Waals surface area contributed by atoms with Gasteiger partial charge in [-0.05, 0) is 86.0 Å². The molecule has 3 heterocycles. The largest absolute Gasteiger partial charge is 0.454 e. The molecule has 13 rings (SSSR count). The molecule has 60 heavy (non-hydrogen) atoms. The van der Waals surface area contributed by atoms with E-state index >= 15 is 0 Å². The van der Waals surface area contributed by atoms with Crippen molar-refractivity contribution >= 4 is 88.3 Å². The summed E-state index contributed by atoms with van der Waals surface area (Å²) < 4.78 is 9.23. The smallest absolute Gasteiger partial charge is 0.235 e. The predicted octanol–water partition coefficient (Wildman–Crippen LogP) is 14.7. The number of fused-ring (bicyclic) bond motifs is 14. The van der Waals surface area contributed by atoms with Gasteiger partial charge in [0.05, 0.1) is 16.7 Å². The van der Waals surface area contributed by atoms with Crippen LogP contribution >= 0.6 is 0 Å². The first-order chi connectivity index (χ1) is 29.8. The molecule has 0 atom stereocenters. The SMILES string of the molecule is C1=C=Cc2c(cccc2-c2ccc3c(c2)c2c4ccccc4n(-c4nc(-c5ccc(-c6ccccc6)cc5)c5ccc6ccccc6c5n4)c2c2oc4ccccc4c32)C=1. The van der Waals surface area contributed by atoms with Gasteiger partial charge in [-0.3, -0.25) is 4.57 Å². The molecule has 0 fully saturated rings. The molecule has 0 N–H and O–H groups in total. The highest BCUT2D eigenvalue weighted by Crippen LogP contribution is 2.47. The van der Waals surface area contributed by atoms with E-state index in [4.69, 9.17) is 14.4 Å². The van der Waals surface area contributed by atoms with Crippen molar-refractivity contribution in [3.05, 3.63) is 199 Å². The topological polar surface area (TPSA) is 43.9 Å². The zero-order valence-electron chi connectivity index (χ0n) is 32.1. The number of furan rings is 1. The molecule has 9 aromatic carbocycles. The Balaban J connectivity index is 1.17. The van der Waals surface area contributed by atoms with Crippen molar-refractivity contribution in [2.24, 2.45) is 0 Å². The van der Waals surface area contributed by atoms with Gasteiger partial charge < -0.3 is 4.42 Å². The third-order valence-corrected chi connectivity index (χ3v) is 12.3. The van der Waals surface area contributed by atoms with Gasteiger partial charge in [-0.1, -0.05) is 163 Å². The van der Waals surface area contributed by atoms with E-state index in [9.17, 15) is 0 Å². The highest BCUT2D eigenvalue weighted by molar-refractivity contribution is 6.35. The molecule has 0 radical (unpaired) electrons. The predicted molar refractivity (Wildman–Crippen MR) is 248 cm³/mol. The van der Waals surface area contributed by atoms with Crippen LogP contribution in [0.5, 0.6) is 0 Å². The first-order valence-corrected chi connectivity index (χ1v) is 20.2. The number of nitrogens with zero attached hydrogens (tertiary/aromatic N) is 3. The molecule has 1 aliphatic carbocycles. The molecule has 0 saturated carbocycles. The van der Waals surface area contributed by atoms with E-state index in [1.54, 1.807) is 0 Å². The molecule has 0 saturated heterocycles. The molecule has 1 aliphatic rings. The molecule has 0 aliphatic heterocycles. The highest BCUT2D eigenvalue weighted by atomic mass is 16.3. The van der Waals surface area contributed by atoms with Crippen LogP contribution in [0.2, 0.25) is 0 Å². The van der Waals surface area contributed by atoms with Crippen LogP contribution in [0.15, 0.2) is 192 Å². The Labute approximate surface area is 343 Å². The lowest BCUT2D eigenvalue weighted by Gasteiger charge is -2.14. The number of para-hydroxylation sites is 2. The van der Waals surface area contributed by atoms with E-state index < -0.39 is 0 Å². The standard InChI is InChI=1S/C56H31N3O/c1-2-13-34(14-3-1)35-25-27-38(28-26-35)52-46-32-29-37-16-5-7-19-42(37)53(46)58-56(57-52)59-48-23-10-8-20-44(48)50-47-33-39(41-22-12-17-36-15-4-6-18-40(36)41)30-31-43(47)51-45-21-9-11-24-49(45)60-55(51)54(50)59/h1-3,5,7-33H. The fraction of sp³-hybridized carbons (Fsp3) is 0. The summed E-state index contributed by atoms with van der Waals surface area (Å²) in [6.07, 6.45) is 4.04. The molecule has 276 valence electrons.